The molecule has 63 heavy (non-hydrogen) atoms. The lowest BCUT2D eigenvalue weighted by Crippen LogP contribution is -2.81. The number of ketones is 1. The molecule has 6 N–H and O–H groups in total. The molecule has 0 aromatic heterocycles. The van der Waals surface area contributed by atoms with Gasteiger partial charge >= 0.3 is 17.9 Å². The van der Waals surface area contributed by atoms with E-state index in [1.54, 1.807) is 36.4 Å². The van der Waals surface area contributed by atoms with Crippen LogP contribution in [0.5, 0.6) is 0 Å². The van der Waals surface area contributed by atoms with E-state index in [1.807, 2.05) is 0 Å². The molecular formula is C45H49NO16S. The van der Waals surface area contributed by atoms with Gasteiger partial charge in [-0.3, -0.25) is 18.9 Å². The second kappa shape index (κ2) is 16.3. The molecule has 4 aliphatic rings. The van der Waals surface area contributed by atoms with Crippen LogP contribution < -0.4 is 5.32 Å². The van der Waals surface area contributed by atoms with Crippen LogP contribution >= 0.6 is 0 Å². The van der Waals surface area contributed by atoms with Gasteiger partial charge in [-0.15, -0.1) is 0 Å². The Morgan fingerprint density at radius 2 is 1.49 bits per heavy atom. The SMILES string of the molecule is CC(=O)O[C@@]12CO[C@@H]1C[C@H](O)[C@@]1(C)C(=O)[C@H](O)C3=C(C)[C@@H](OC(=O)[C@H](O)[C@@H](NC(=O)c4ccc(S(=O)(=O)O)cc4)c4ccccc4)C[C@](O)([C@@H](OC(=O)c4ccccc4)[C@H]21)C3(C)C. The first-order valence-corrected chi connectivity index (χ1v) is 21.7. The van der Waals surface area contributed by atoms with Crippen LogP contribution in [0.25, 0.3) is 0 Å². The second-order valence-corrected chi connectivity index (χ2v) is 18.8. The molecular weight excluding hydrogens is 843 g/mol. The van der Waals surface area contributed by atoms with E-state index in [0.29, 0.717) is 0 Å². The number of hydrogen-bond donors (Lipinski definition) is 6. The number of ether oxygens (including phenoxy) is 4. The van der Waals surface area contributed by atoms with E-state index in [0.717, 1.165) is 31.2 Å². The van der Waals surface area contributed by atoms with E-state index >= 15 is 4.79 Å². The third-order valence-electron chi connectivity index (χ3n) is 13.6. The summed E-state index contributed by atoms with van der Waals surface area (Å²) in [5.41, 5.74) is -7.75. The maximum Gasteiger partial charge on any atom is 0.338 e. The zero-order valence-electron chi connectivity index (χ0n) is 35.0. The number of carbonyl (C=O) groups excluding carboxylic acids is 5. The quantitative estimate of drug-likeness (QED) is 0.0739. The summed E-state index contributed by atoms with van der Waals surface area (Å²) in [6.07, 6.45) is -11.0. The van der Waals surface area contributed by atoms with Gasteiger partial charge in [-0.2, -0.15) is 8.42 Å². The zero-order valence-corrected chi connectivity index (χ0v) is 35.8. The number of amides is 1. The van der Waals surface area contributed by atoms with Crippen molar-refractivity contribution in [3.8, 4) is 0 Å². The van der Waals surface area contributed by atoms with Crippen molar-refractivity contribution in [3.05, 3.63) is 113 Å². The molecule has 0 unspecified atom stereocenters. The number of esters is 3. The largest absolute Gasteiger partial charge is 0.456 e. The van der Waals surface area contributed by atoms with Crippen LogP contribution in [-0.2, 0) is 43.4 Å². The number of aliphatic hydroxyl groups is 4. The van der Waals surface area contributed by atoms with Crippen LogP contribution in [-0.4, -0.2) is 117 Å². The Kier molecular flexibility index (Phi) is 11.8. The van der Waals surface area contributed by atoms with Crippen molar-refractivity contribution in [2.45, 2.75) is 106 Å². The maximum atomic E-state index is 15.0. The van der Waals surface area contributed by atoms with Crippen LogP contribution in [0.2, 0.25) is 0 Å². The molecule has 2 saturated carbocycles. The van der Waals surface area contributed by atoms with Crippen molar-refractivity contribution < 1.29 is 76.3 Å². The highest BCUT2D eigenvalue weighted by Gasteiger charge is 2.78. The number of nitrogens with one attached hydrogen (secondary N) is 1. The number of fused-ring (bicyclic) bond motifs is 5. The van der Waals surface area contributed by atoms with Gasteiger partial charge in [0.15, 0.2) is 17.5 Å². The fourth-order valence-corrected chi connectivity index (χ4v) is 10.6. The summed E-state index contributed by atoms with van der Waals surface area (Å²) < 4.78 is 56.6. The number of hydrogen-bond acceptors (Lipinski definition) is 15. The molecule has 3 aromatic rings. The molecule has 1 amide bonds. The lowest BCUT2D eigenvalue weighted by Gasteiger charge is -2.67. The van der Waals surface area contributed by atoms with Gasteiger partial charge in [-0.05, 0) is 67.0 Å². The predicted molar refractivity (Wildman–Crippen MR) is 218 cm³/mol. The Balaban J connectivity index is 1.31. The number of aliphatic hydroxyl groups excluding tert-OH is 3. The Morgan fingerprint density at radius 1 is 0.889 bits per heavy atom. The average Bonchev–Trinajstić information content (AvgIpc) is 3.24. The molecule has 0 radical (unpaired) electrons. The Hall–Kier alpha value is -5.34. The Bertz CT molecular complexity index is 2460. The van der Waals surface area contributed by atoms with Crippen molar-refractivity contribution in [3.63, 3.8) is 0 Å². The van der Waals surface area contributed by atoms with Crippen LogP contribution in [0.1, 0.15) is 79.8 Å². The molecule has 1 saturated heterocycles. The lowest BCUT2D eigenvalue weighted by atomic mass is 9.44. The van der Waals surface area contributed by atoms with Crippen molar-refractivity contribution >= 4 is 39.7 Å². The maximum absolute atomic E-state index is 15.0. The molecule has 1 aliphatic heterocycles. The highest BCUT2D eigenvalue weighted by molar-refractivity contribution is 7.85. The van der Waals surface area contributed by atoms with E-state index in [9.17, 15) is 52.6 Å². The summed E-state index contributed by atoms with van der Waals surface area (Å²) in [5.74, 6) is -6.45. The molecule has 1 heterocycles. The minimum absolute atomic E-state index is 0.0468. The van der Waals surface area contributed by atoms with E-state index in [4.69, 9.17) is 18.9 Å². The molecule has 11 atom stereocenters. The monoisotopic (exact) mass is 891 g/mol. The normalized spacial score (nSPS) is 31.9. The van der Waals surface area contributed by atoms with Crippen LogP contribution in [0.15, 0.2) is 101 Å². The number of carbonyl (C=O) groups is 5. The van der Waals surface area contributed by atoms with Gasteiger partial charge in [-0.25, -0.2) is 9.59 Å². The Morgan fingerprint density at radius 3 is 2.05 bits per heavy atom. The Labute approximate surface area is 362 Å². The second-order valence-electron chi connectivity index (χ2n) is 17.4. The van der Waals surface area contributed by atoms with E-state index < -0.39 is 122 Å². The van der Waals surface area contributed by atoms with E-state index in [-0.39, 0.29) is 40.9 Å². The van der Waals surface area contributed by atoms with Crippen LogP contribution in [0, 0.1) is 16.7 Å². The first kappa shape index (κ1) is 45.7. The lowest BCUT2D eigenvalue weighted by molar-refractivity contribution is -0.346. The summed E-state index contributed by atoms with van der Waals surface area (Å²) in [7, 11) is -4.58. The molecule has 2 bridgehead atoms. The summed E-state index contributed by atoms with van der Waals surface area (Å²) in [4.78, 5) is 69.3. The van der Waals surface area contributed by atoms with Crippen molar-refractivity contribution in [1.82, 2.24) is 5.32 Å². The van der Waals surface area contributed by atoms with Crippen molar-refractivity contribution in [2.75, 3.05) is 6.61 Å². The molecule has 0 spiro atoms. The number of benzene rings is 3. The highest BCUT2D eigenvalue weighted by Crippen LogP contribution is 2.64. The fourth-order valence-electron chi connectivity index (χ4n) is 10.1. The molecule has 3 fully saturated rings. The van der Waals surface area contributed by atoms with E-state index in [1.165, 1.54) is 52.0 Å². The van der Waals surface area contributed by atoms with Gasteiger partial charge in [0, 0.05) is 30.7 Å². The van der Waals surface area contributed by atoms with E-state index in [2.05, 4.69) is 5.32 Å². The van der Waals surface area contributed by atoms with Crippen molar-refractivity contribution in [2.24, 2.45) is 16.7 Å². The van der Waals surface area contributed by atoms with Gasteiger partial charge in [0.2, 0.25) is 0 Å². The molecule has 336 valence electrons. The first-order valence-electron chi connectivity index (χ1n) is 20.2. The molecule has 7 rings (SSSR count). The highest BCUT2D eigenvalue weighted by atomic mass is 32.2. The summed E-state index contributed by atoms with van der Waals surface area (Å²) in [6.45, 7) is 6.65. The molecule has 18 heteroatoms. The van der Waals surface area contributed by atoms with Gasteiger partial charge in [0.1, 0.15) is 30.0 Å². The molecule has 3 aromatic carbocycles. The van der Waals surface area contributed by atoms with Gasteiger partial charge in [0.25, 0.3) is 16.0 Å². The average molecular weight is 892 g/mol. The van der Waals surface area contributed by atoms with Gasteiger partial charge in [-0.1, -0.05) is 62.4 Å². The topological polar surface area (TPSA) is 270 Å². The summed E-state index contributed by atoms with van der Waals surface area (Å²) in [6, 6.07) is 18.3. The molecule has 3 aliphatic carbocycles. The van der Waals surface area contributed by atoms with Crippen LogP contribution in [0.4, 0.5) is 0 Å². The fraction of sp³-hybridized carbons (Fsp3) is 0.444. The summed E-state index contributed by atoms with van der Waals surface area (Å²) in [5, 5.41) is 51.9. The zero-order chi connectivity index (χ0) is 46.0. The minimum atomic E-state index is -4.58. The van der Waals surface area contributed by atoms with Crippen molar-refractivity contribution in [1.29, 1.82) is 0 Å². The molecule has 17 nitrogen and oxygen atoms in total. The van der Waals surface area contributed by atoms with Gasteiger partial charge in [0.05, 0.1) is 40.5 Å². The smallest absolute Gasteiger partial charge is 0.338 e. The summed E-state index contributed by atoms with van der Waals surface area (Å²) >= 11 is 0. The predicted octanol–water partition coefficient (Wildman–Crippen LogP) is 2.41. The van der Waals surface area contributed by atoms with Crippen LogP contribution in [0.3, 0.4) is 0 Å². The number of Topliss-reactive ketones (excluding diaryl/α,β-unsaturated/α-hetero) is 1. The van der Waals surface area contributed by atoms with Gasteiger partial charge < -0.3 is 44.7 Å². The third-order valence-corrected chi connectivity index (χ3v) is 14.5. The number of rotatable bonds is 10. The standard InChI is InChI=1S/C45H49NO16S/c1-23-29(60-41(54)35(50)33(25-12-8-6-9-13-25)46-39(52)26-16-18-28(19-17-26)63(56,57)58)21-45(55)38(61-40(53)27-14-10-7-11-15-27)36-43(5,37(51)34(49)32(23)42(45,3)4)30(48)20-31-44(36,22-59-31)62-24(2)47/h6-19,29-31,33-36,38,48-50,55H,20-22H2,1-5H3,(H,46,52)(H,56,57,58)/t29-,30-,31+,33-,34+,35+,36-,38-,43+,44-,45-/m0/s1. The minimum Gasteiger partial charge on any atom is -0.456 e. The first-order chi connectivity index (χ1) is 29.5. The third kappa shape index (κ3) is 7.56.